The van der Waals surface area contributed by atoms with Crippen molar-refractivity contribution in [3.8, 4) is 11.1 Å². The van der Waals surface area contributed by atoms with Crippen LogP contribution in [-0.4, -0.2) is 36.3 Å². The lowest BCUT2D eigenvalue weighted by molar-refractivity contribution is 0.0496. The third-order valence-electron chi connectivity index (χ3n) is 5.11. The number of hydrogen-bond donors (Lipinski definition) is 1. The van der Waals surface area contributed by atoms with Crippen LogP contribution < -0.4 is 5.32 Å². The van der Waals surface area contributed by atoms with E-state index in [1.165, 1.54) is 17.5 Å². The number of aromatic nitrogens is 2. The van der Waals surface area contributed by atoms with Crippen LogP contribution in [0.3, 0.4) is 0 Å². The van der Waals surface area contributed by atoms with Crippen molar-refractivity contribution in [3.05, 3.63) is 41.5 Å². The summed E-state index contributed by atoms with van der Waals surface area (Å²) < 4.78 is 11.0. The molecule has 1 N–H and O–H groups in total. The van der Waals surface area contributed by atoms with Crippen LogP contribution in [0.4, 0.5) is 5.82 Å². The molecule has 0 amide bonds. The smallest absolute Gasteiger partial charge is 0.158 e. The van der Waals surface area contributed by atoms with Crippen molar-refractivity contribution < 1.29 is 9.47 Å². The van der Waals surface area contributed by atoms with E-state index < -0.39 is 0 Å². The molecule has 6 heteroatoms. The van der Waals surface area contributed by atoms with Crippen LogP contribution in [0.25, 0.3) is 21.3 Å². The highest BCUT2D eigenvalue weighted by Crippen LogP contribution is 2.37. The Morgan fingerprint density at radius 3 is 2.89 bits per heavy atom. The van der Waals surface area contributed by atoms with Crippen molar-refractivity contribution in [2.24, 2.45) is 5.92 Å². The van der Waals surface area contributed by atoms with Crippen molar-refractivity contribution in [3.63, 3.8) is 0 Å². The maximum Gasteiger partial charge on any atom is 0.158 e. The zero-order chi connectivity index (χ0) is 18.6. The van der Waals surface area contributed by atoms with Gasteiger partial charge in [0.15, 0.2) is 5.82 Å². The summed E-state index contributed by atoms with van der Waals surface area (Å²) in [5.74, 6) is 2.10. The van der Waals surface area contributed by atoms with Gasteiger partial charge in [-0.3, -0.25) is 0 Å². The Hall–Kier alpha value is -2.02. The minimum atomic E-state index is 0.280. The average Bonchev–Trinajstić information content (AvgIpc) is 3.14. The van der Waals surface area contributed by atoms with E-state index in [-0.39, 0.29) is 6.04 Å². The van der Waals surface area contributed by atoms with E-state index in [1.807, 2.05) is 6.07 Å². The fourth-order valence-corrected chi connectivity index (χ4v) is 4.57. The average molecular weight is 384 g/mol. The number of fused-ring (bicyclic) bond motifs is 1. The van der Waals surface area contributed by atoms with E-state index >= 15 is 0 Å². The summed E-state index contributed by atoms with van der Waals surface area (Å²) in [6.45, 7) is 4.31. The Balaban J connectivity index is 1.74. The van der Waals surface area contributed by atoms with E-state index in [0.717, 1.165) is 35.7 Å². The number of anilines is 1. The fourth-order valence-electron chi connectivity index (χ4n) is 3.61. The molecule has 1 aliphatic rings. The molecule has 0 radical (unpaired) electrons. The number of hydrogen-bond acceptors (Lipinski definition) is 6. The molecule has 3 heterocycles. The maximum absolute atomic E-state index is 5.68. The van der Waals surface area contributed by atoms with Gasteiger partial charge in [0.05, 0.1) is 12.0 Å². The van der Waals surface area contributed by atoms with Crippen molar-refractivity contribution in [2.45, 2.75) is 32.4 Å². The molecule has 142 valence electrons. The highest BCUT2D eigenvalue weighted by atomic mass is 32.1. The number of ether oxygens (including phenoxy) is 2. The quantitative estimate of drug-likeness (QED) is 0.667. The van der Waals surface area contributed by atoms with Crippen LogP contribution >= 0.6 is 11.3 Å². The van der Waals surface area contributed by atoms with Crippen LogP contribution in [0, 0.1) is 5.92 Å². The predicted octanol–water partition coefficient (Wildman–Crippen LogP) is 4.73. The Morgan fingerprint density at radius 1 is 1.30 bits per heavy atom. The number of nitrogens with zero attached hydrogens (tertiary/aromatic N) is 2. The zero-order valence-corrected chi connectivity index (χ0v) is 16.6. The molecule has 1 aliphatic heterocycles. The summed E-state index contributed by atoms with van der Waals surface area (Å²) in [6.07, 6.45) is 2.31. The minimum absolute atomic E-state index is 0.280. The molecule has 1 aromatic carbocycles. The van der Waals surface area contributed by atoms with Gasteiger partial charge in [-0.05, 0) is 25.3 Å². The van der Waals surface area contributed by atoms with Gasteiger partial charge in [0, 0.05) is 36.6 Å². The predicted molar refractivity (Wildman–Crippen MR) is 110 cm³/mol. The number of methoxy groups -OCH3 is 1. The lowest BCUT2D eigenvalue weighted by Gasteiger charge is -2.29. The third kappa shape index (κ3) is 3.98. The first kappa shape index (κ1) is 18.3. The lowest BCUT2D eigenvalue weighted by Crippen LogP contribution is -2.33. The number of rotatable bonds is 6. The molecular weight excluding hydrogens is 358 g/mol. The number of thiophene rings is 1. The first-order chi connectivity index (χ1) is 13.3. The van der Waals surface area contributed by atoms with E-state index in [0.29, 0.717) is 18.3 Å². The second-order valence-corrected chi connectivity index (χ2v) is 7.89. The summed E-state index contributed by atoms with van der Waals surface area (Å²) in [5.41, 5.74) is 2.36. The molecule has 5 nitrogen and oxygen atoms in total. The normalized spacial score (nSPS) is 18.5. The summed E-state index contributed by atoms with van der Waals surface area (Å²) in [6, 6.07) is 10.7. The van der Waals surface area contributed by atoms with E-state index in [4.69, 9.17) is 19.4 Å². The van der Waals surface area contributed by atoms with Gasteiger partial charge in [-0.1, -0.05) is 30.3 Å². The van der Waals surface area contributed by atoms with Crippen molar-refractivity contribution >= 4 is 27.4 Å². The first-order valence-corrected chi connectivity index (χ1v) is 10.3. The minimum Gasteiger partial charge on any atom is -0.381 e. The SMILES string of the molecule is COCc1nc(N[C@H](C)[C@H]2CCCOC2)c2c(-c3ccccc3)csc2n1. The van der Waals surface area contributed by atoms with Crippen LogP contribution in [0.2, 0.25) is 0 Å². The maximum atomic E-state index is 5.68. The van der Waals surface area contributed by atoms with Gasteiger partial charge in [0.1, 0.15) is 17.3 Å². The fraction of sp³-hybridized carbons (Fsp3) is 0.429. The topological polar surface area (TPSA) is 56.3 Å². The molecule has 27 heavy (non-hydrogen) atoms. The molecule has 1 saturated heterocycles. The summed E-state index contributed by atoms with van der Waals surface area (Å²) in [4.78, 5) is 10.5. The summed E-state index contributed by atoms with van der Waals surface area (Å²) in [7, 11) is 1.67. The molecule has 0 saturated carbocycles. The molecule has 0 aliphatic carbocycles. The van der Waals surface area contributed by atoms with Crippen LogP contribution in [0.1, 0.15) is 25.6 Å². The molecular formula is C21H25N3O2S. The largest absolute Gasteiger partial charge is 0.381 e. The van der Waals surface area contributed by atoms with Gasteiger partial charge >= 0.3 is 0 Å². The monoisotopic (exact) mass is 383 g/mol. The van der Waals surface area contributed by atoms with Gasteiger partial charge in [0.25, 0.3) is 0 Å². The van der Waals surface area contributed by atoms with Gasteiger partial charge in [0.2, 0.25) is 0 Å². The lowest BCUT2D eigenvalue weighted by atomic mass is 9.95. The van der Waals surface area contributed by atoms with Crippen LogP contribution in [0.15, 0.2) is 35.7 Å². The van der Waals surface area contributed by atoms with Gasteiger partial charge < -0.3 is 14.8 Å². The van der Waals surface area contributed by atoms with Crippen molar-refractivity contribution in [2.75, 3.05) is 25.6 Å². The number of benzene rings is 1. The Labute approximate surface area is 163 Å². The van der Waals surface area contributed by atoms with E-state index in [2.05, 4.69) is 41.9 Å². The highest BCUT2D eigenvalue weighted by molar-refractivity contribution is 7.17. The molecule has 1 fully saturated rings. The van der Waals surface area contributed by atoms with Gasteiger partial charge in [-0.2, -0.15) is 0 Å². The second-order valence-electron chi connectivity index (χ2n) is 7.03. The third-order valence-corrected chi connectivity index (χ3v) is 5.98. The van der Waals surface area contributed by atoms with E-state index in [1.54, 1.807) is 18.4 Å². The standard InChI is InChI=1S/C21H25N3O2S/c1-14(16-9-6-10-26-11-16)22-20-19-17(15-7-4-3-5-8-15)13-27-21(19)24-18(23-20)12-25-2/h3-5,7-8,13-14,16H,6,9-12H2,1-2H3,(H,22,23,24)/t14-,16+/m1/s1. The number of nitrogens with one attached hydrogen (secondary N) is 1. The molecule has 2 aromatic heterocycles. The summed E-state index contributed by atoms with van der Waals surface area (Å²) in [5, 5.41) is 6.93. The molecule has 2 atom stereocenters. The Kier molecular flexibility index (Phi) is 5.66. The molecule has 0 unspecified atom stereocenters. The second kappa shape index (κ2) is 8.33. The van der Waals surface area contributed by atoms with Crippen LogP contribution in [0.5, 0.6) is 0 Å². The molecule has 0 bridgehead atoms. The van der Waals surface area contributed by atoms with Crippen molar-refractivity contribution in [1.29, 1.82) is 0 Å². The molecule has 4 rings (SSSR count). The summed E-state index contributed by atoms with van der Waals surface area (Å²) >= 11 is 1.65. The Bertz CT molecular complexity index is 891. The van der Waals surface area contributed by atoms with Gasteiger partial charge in [-0.15, -0.1) is 11.3 Å². The zero-order valence-electron chi connectivity index (χ0n) is 15.8. The van der Waals surface area contributed by atoms with E-state index in [9.17, 15) is 0 Å². The van der Waals surface area contributed by atoms with Gasteiger partial charge in [-0.25, -0.2) is 9.97 Å². The first-order valence-electron chi connectivity index (χ1n) is 9.43. The highest BCUT2D eigenvalue weighted by Gasteiger charge is 2.23. The van der Waals surface area contributed by atoms with Crippen LogP contribution in [-0.2, 0) is 16.1 Å². The molecule has 3 aromatic rings. The Morgan fingerprint density at radius 2 is 2.15 bits per heavy atom. The van der Waals surface area contributed by atoms with Crippen molar-refractivity contribution in [1.82, 2.24) is 9.97 Å². The molecule has 0 spiro atoms.